The van der Waals surface area contributed by atoms with Gasteiger partial charge < -0.3 is 4.57 Å². The van der Waals surface area contributed by atoms with Crippen molar-refractivity contribution >= 4 is 45.8 Å². The van der Waals surface area contributed by atoms with Gasteiger partial charge in [0.15, 0.2) is 0 Å². The Labute approximate surface area is 138 Å². The second kappa shape index (κ2) is 5.88. The van der Waals surface area contributed by atoms with Gasteiger partial charge in [-0.3, -0.25) is 0 Å². The van der Waals surface area contributed by atoms with Crippen LogP contribution >= 0.6 is 34.8 Å². The van der Waals surface area contributed by atoms with E-state index < -0.39 is 0 Å². The van der Waals surface area contributed by atoms with Crippen molar-refractivity contribution in [3.8, 4) is 0 Å². The van der Waals surface area contributed by atoms with Crippen molar-refractivity contribution in [2.24, 2.45) is 0 Å². The number of rotatable bonds is 3. The average molecular weight is 340 g/mol. The summed E-state index contributed by atoms with van der Waals surface area (Å²) in [5.74, 6) is 1.18. The number of imidazole rings is 1. The van der Waals surface area contributed by atoms with Crippen molar-refractivity contribution in [2.75, 3.05) is 0 Å². The zero-order chi connectivity index (χ0) is 15.0. The summed E-state index contributed by atoms with van der Waals surface area (Å²) < 4.78 is 2.12. The monoisotopic (exact) mass is 338 g/mol. The van der Waals surface area contributed by atoms with Crippen LogP contribution in [0, 0.1) is 0 Å². The van der Waals surface area contributed by atoms with Gasteiger partial charge in [0, 0.05) is 10.0 Å². The fraction of sp³-hybridized carbons (Fsp3) is 0.188. The summed E-state index contributed by atoms with van der Waals surface area (Å²) in [5.41, 5.74) is 2.98. The van der Waals surface area contributed by atoms with Gasteiger partial charge in [0.2, 0.25) is 0 Å². The summed E-state index contributed by atoms with van der Waals surface area (Å²) in [7, 11) is 0. The van der Waals surface area contributed by atoms with Crippen molar-refractivity contribution in [1.29, 1.82) is 0 Å². The van der Waals surface area contributed by atoms with Gasteiger partial charge in [0.05, 0.1) is 23.0 Å². The molecule has 2 aromatic carbocycles. The zero-order valence-corrected chi connectivity index (χ0v) is 13.6. The maximum Gasteiger partial charge on any atom is 0.125 e. The predicted octanol–water partition coefficient (Wildman–Crippen LogP) is 5.69. The highest BCUT2D eigenvalue weighted by Gasteiger charge is 2.18. The number of alkyl halides is 1. The molecular weight excluding hydrogens is 327 g/mol. The quantitative estimate of drug-likeness (QED) is 0.560. The van der Waals surface area contributed by atoms with E-state index in [0.717, 1.165) is 22.4 Å². The molecular formula is C16H13Cl3N2. The fourth-order valence-corrected chi connectivity index (χ4v) is 3.36. The van der Waals surface area contributed by atoms with Crippen molar-refractivity contribution in [1.82, 2.24) is 9.55 Å². The van der Waals surface area contributed by atoms with E-state index in [-0.39, 0.29) is 6.04 Å². The van der Waals surface area contributed by atoms with Crippen LogP contribution in [-0.4, -0.2) is 9.55 Å². The molecule has 0 N–H and O–H groups in total. The number of hydrogen-bond donors (Lipinski definition) is 0. The first kappa shape index (κ1) is 14.7. The average Bonchev–Trinajstić information content (AvgIpc) is 2.85. The molecule has 0 saturated heterocycles. The standard InChI is InChI=1S/C16H13Cl3N2/c1-10(12-7-6-11(18)8-13(12)19)21-15-5-3-2-4-14(15)20-16(21)9-17/h2-8,10H,9H2,1H3. The van der Waals surface area contributed by atoms with Gasteiger partial charge in [-0.05, 0) is 36.8 Å². The van der Waals surface area contributed by atoms with Crippen molar-refractivity contribution in [2.45, 2.75) is 18.8 Å². The number of fused-ring (bicyclic) bond motifs is 1. The molecule has 3 rings (SSSR count). The molecule has 1 atom stereocenters. The van der Waals surface area contributed by atoms with Gasteiger partial charge in [-0.25, -0.2) is 4.98 Å². The minimum absolute atomic E-state index is 0.0240. The highest BCUT2D eigenvalue weighted by molar-refractivity contribution is 6.35. The zero-order valence-electron chi connectivity index (χ0n) is 11.4. The lowest BCUT2D eigenvalue weighted by molar-refractivity contribution is 0.634. The van der Waals surface area contributed by atoms with Crippen molar-refractivity contribution in [3.63, 3.8) is 0 Å². The number of halogens is 3. The predicted molar refractivity (Wildman–Crippen MR) is 89.6 cm³/mol. The molecule has 0 amide bonds. The topological polar surface area (TPSA) is 17.8 Å². The molecule has 0 fully saturated rings. The van der Waals surface area contributed by atoms with Crippen LogP contribution in [0.25, 0.3) is 11.0 Å². The van der Waals surface area contributed by atoms with Crippen LogP contribution in [0.4, 0.5) is 0 Å². The molecule has 5 heteroatoms. The SMILES string of the molecule is CC(c1ccc(Cl)cc1Cl)n1c(CCl)nc2ccccc21. The Balaban J connectivity index is 2.18. The molecule has 0 radical (unpaired) electrons. The number of nitrogens with zero attached hydrogens (tertiary/aromatic N) is 2. The summed E-state index contributed by atoms with van der Waals surface area (Å²) in [6.45, 7) is 2.08. The van der Waals surface area contributed by atoms with E-state index >= 15 is 0 Å². The van der Waals surface area contributed by atoms with Crippen LogP contribution in [-0.2, 0) is 5.88 Å². The van der Waals surface area contributed by atoms with Crippen molar-refractivity contribution in [3.05, 3.63) is 63.9 Å². The van der Waals surface area contributed by atoms with Gasteiger partial charge in [-0.1, -0.05) is 41.4 Å². The van der Waals surface area contributed by atoms with E-state index in [2.05, 4.69) is 16.5 Å². The second-order valence-corrected chi connectivity index (χ2v) is 5.97. The maximum atomic E-state index is 6.34. The molecule has 0 aliphatic carbocycles. The van der Waals surface area contributed by atoms with E-state index in [4.69, 9.17) is 34.8 Å². The summed E-state index contributed by atoms with van der Waals surface area (Å²) >= 11 is 18.4. The van der Waals surface area contributed by atoms with E-state index in [9.17, 15) is 0 Å². The van der Waals surface area contributed by atoms with Crippen LogP contribution in [0.5, 0.6) is 0 Å². The summed E-state index contributed by atoms with van der Waals surface area (Å²) in [5, 5.41) is 1.28. The van der Waals surface area contributed by atoms with Gasteiger partial charge in [-0.15, -0.1) is 11.6 Å². The number of hydrogen-bond acceptors (Lipinski definition) is 1. The Morgan fingerprint density at radius 2 is 1.90 bits per heavy atom. The molecule has 2 nitrogen and oxygen atoms in total. The third-order valence-electron chi connectivity index (χ3n) is 3.59. The third-order valence-corrected chi connectivity index (χ3v) is 4.39. The highest BCUT2D eigenvalue weighted by Crippen LogP contribution is 2.32. The molecule has 0 aliphatic heterocycles. The number of para-hydroxylation sites is 2. The lowest BCUT2D eigenvalue weighted by atomic mass is 10.1. The van der Waals surface area contributed by atoms with Gasteiger partial charge in [0.25, 0.3) is 0 Å². The molecule has 1 heterocycles. The fourth-order valence-electron chi connectivity index (χ4n) is 2.60. The molecule has 108 valence electrons. The Morgan fingerprint density at radius 1 is 1.14 bits per heavy atom. The molecule has 1 aromatic heterocycles. The maximum absolute atomic E-state index is 6.34. The largest absolute Gasteiger partial charge is 0.320 e. The van der Waals surface area contributed by atoms with Gasteiger partial charge in [-0.2, -0.15) is 0 Å². The first-order valence-corrected chi connectivity index (χ1v) is 7.87. The van der Waals surface area contributed by atoms with Crippen LogP contribution in [0.1, 0.15) is 24.4 Å². The second-order valence-electron chi connectivity index (χ2n) is 4.86. The smallest absolute Gasteiger partial charge is 0.125 e. The molecule has 0 bridgehead atoms. The summed E-state index contributed by atoms with van der Waals surface area (Å²) in [6, 6.07) is 13.6. The number of benzene rings is 2. The van der Waals surface area contributed by atoms with Crippen LogP contribution in [0.3, 0.4) is 0 Å². The van der Waals surface area contributed by atoms with Gasteiger partial charge in [0.1, 0.15) is 5.82 Å². The van der Waals surface area contributed by atoms with Crippen LogP contribution < -0.4 is 0 Å². The van der Waals surface area contributed by atoms with E-state index in [1.807, 2.05) is 36.4 Å². The molecule has 21 heavy (non-hydrogen) atoms. The molecule has 0 saturated carbocycles. The lowest BCUT2D eigenvalue weighted by Gasteiger charge is -2.19. The third kappa shape index (κ3) is 2.64. The highest BCUT2D eigenvalue weighted by atomic mass is 35.5. The molecule has 3 aromatic rings. The van der Waals surface area contributed by atoms with E-state index in [1.165, 1.54) is 0 Å². The van der Waals surface area contributed by atoms with Crippen LogP contribution in [0.2, 0.25) is 10.0 Å². The summed E-state index contributed by atoms with van der Waals surface area (Å²) in [6.07, 6.45) is 0. The first-order chi connectivity index (χ1) is 10.1. The van der Waals surface area contributed by atoms with E-state index in [1.54, 1.807) is 6.07 Å². The normalized spacial score (nSPS) is 12.8. The number of aromatic nitrogens is 2. The minimum Gasteiger partial charge on any atom is -0.320 e. The molecule has 0 aliphatic rings. The lowest BCUT2D eigenvalue weighted by Crippen LogP contribution is -2.10. The minimum atomic E-state index is 0.0240. The molecule has 0 spiro atoms. The Bertz CT molecular complexity index is 795. The van der Waals surface area contributed by atoms with Gasteiger partial charge >= 0.3 is 0 Å². The molecule has 1 unspecified atom stereocenters. The van der Waals surface area contributed by atoms with Crippen LogP contribution in [0.15, 0.2) is 42.5 Å². The van der Waals surface area contributed by atoms with E-state index in [0.29, 0.717) is 15.9 Å². The summed E-state index contributed by atoms with van der Waals surface area (Å²) in [4.78, 5) is 4.59. The van der Waals surface area contributed by atoms with Crippen molar-refractivity contribution < 1.29 is 0 Å². The Kier molecular flexibility index (Phi) is 4.12. The Hall–Kier alpha value is -1.22. The Morgan fingerprint density at radius 3 is 2.62 bits per heavy atom. The first-order valence-electron chi connectivity index (χ1n) is 6.58.